The zero-order chi connectivity index (χ0) is 23.4. The number of anilines is 1. The van der Waals surface area contributed by atoms with Crippen LogP contribution in [0, 0.1) is 0 Å². The molecule has 0 saturated heterocycles. The zero-order valence-electron chi connectivity index (χ0n) is 18.3. The van der Waals surface area contributed by atoms with Crippen LogP contribution in [-0.2, 0) is 20.1 Å². The maximum atomic E-state index is 12.6. The SMILES string of the molecule is COc1ccc(OC[C@H](O)Cn2c(NCc3ccccc3)nc3c2c(=O)[nH]c(=O)n3C)cc1. The first kappa shape index (κ1) is 22.2. The van der Waals surface area contributed by atoms with Gasteiger partial charge in [0.15, 0.2) is 11.2 Å². The highest BCUT2D eigenvalue weighted by Crippen LogP contribution is 2.19. The van der Waals surface area contributed by atoms with E-state index in [1.54, 1.807) is 35.9 Å². The molecular formula is C23H25N5O5. The van der Waals surface area contributed by atoms with Gasteiger partial charge in [-0.15, -0.1) is 0 Å². The van der Waals surface area contributed by atoms with E-state index in [-0.39, 0.29) is 24.3 Å². The second kappa shape index (κ2) is 9.61. The quantitative estimate of drug-likeness (QED) is 0.352. The lowest BCUT2D eigenvalue weighted by Gasteiger charge is -2.16. The Bertz CT molecular complexity index is 1340. The Morgan fingerprint density at radius 1 is 1.09 bits per heavy atom. The van der Waals surface area contributed by atoms with Crippen molar-refractivity contribution < 1.29 is 14.6 Å². The highest BCUT2D eigenvalue weighted by atomic mass is 16.5. The first-order chi connectivity index (χ1) is 16.0. The highest BCUT2D eigenvalue weighted by Gasteiger charge is 2.20. The number of aliphatic hydroxyl groups is 1. The molecule has 3 N–H and O–H groups in total. The highest BCUT2D eigenvalue weighted by molar-refractivity contribution is 5.74. The van der Waals surface area contributed by atoms with Crippen LogP contribution in [0.4, 0.5) is 5.95 Å². The summed E-state index contributed by atoms with van der Waals surface area (Å²) in [5.41, 5.74) is 0.299. The van der Waals surface area contributed by atoms with Crippen LogP contribution in [0.15, 0.2) is 64.2 Å². The van der Waals surface area contributed by atoms with E-state index in [4.69, 9.17) is 9.47 Å². The van der Waals surface area contributed by atoms with E-state index in [0.29, 0.717) is 24.0 Å². The molecule has 0 unspecified atom stereocenters. The minimum Gasteiger partial charge on any atom is -0.497 e. The first-order valence-electron chi connectivity index (χ1n) is 10.4. The minimum atomic E-state index is -0.946. The molecule has 2 heterocycles. The molecule has 0 amide bonds. The van der Waals surface area contributed by atoms with E-state index in [2.05, 4.69) is 15.3 Å². The van der Waals surface area contributed by atoms with Crippen molar-refractivity contribution in [3.63, 3.8) is 0 Å². The van der Waals surface area contributed by atoms with Gasteiger partial charge in [-0.3, -0.25) is 14.3 Å². The molecule has 0 bridgehead atoms. The molecular weight excluding hydrogens is 426 g/mol. The topological polar surface area (TPSA) is 123 Å². The maximum absolute atomic E-state index is 12.6. The van der Waals surface area contributed by atoms with Crippen LogP contribution >= 0.6 is 0 Å². The van der Waals surface area contributed by atoms with Gasteiger partial charge in [0, 0.05) is 13.6 Å². The second-order valence-corrected chi connectivity index (χ2v) is 7.52. The number of nitrogens with zero attached hydrogens (tertiary/aromatic N) is 3. The molecule has 0 aliphatic carbocycles. The van der Waals surface area contributed by atoms with Crippen molar-refractivity contribution in [2.24, 2.45) is 7.05 Å². The summed E-state index contributed by atoms with van der Waals surface area (Å²) in [7, 11) is 3.11. The van der Waals surface area contributed by atoms with Crippen molar-refractivity contribution in [1.82, 2.24) is 19.1 Å². The number of imidazole rings is 1. The monoisotopic (exact) mass is 451 g/mol. The van der Waals surface area contributed by atoms with E-state index in [0.717, 1.165) is 5.56 Å². The third kappa shape index (κ3) is 4.90. The van der Waals surface area contributed by atoms with Gasteiger partial charge in [0.05, 0.1) is 13.7 Å². The summed E-state index contributed by atoms with van der Waals surface area (Å²) in [6, 6.07) is 16.7. The number of ether oxygens (including phenoxy) is 2. The van der Waals surface area contributed by atoms with Gasteiger partial charge < -0.3 is 24.5 Å². The van der Waals surface area contributed by atoms with Crippen LogP contribution in [0.5, 0.6) is 11.5 Å². The van der Waals surface area contributed by atoms with Crippen LogP contribution in [-0.4, -0.2) is 44.0 Å². The van der Waals surface area contributed by atoms with Gasteiger partial charge in [-0.25, -0.2) is 4.79 Å². The van der Waals surface area contributed by atoms with E-state index in [9.17, 15) is 14.7 Å². The number of aromatic nitrogens is 4. The molecule has 0 aliphatic heterocycles. The number of methoxy groups -OCH3 is 1. The summed E-state index contributed by atoms with van der Waals surface area (Å²) >= 11 is 0. The number of aryl methyl sites for hydroxylation is 1. The lowest BCUT2D eigenvalue weighted by molar-refractivity contribution is 0.0938. The molecule has 4 rings (SSSR count). The Hall–Kier alpha value is -4.05. The third-order valence-electron chi connectivity index (χ3n) is 5.20. The molecule has 0 radical (unpaired) electrons. The van der Waals surface area contributed by atoms with Gasteiger partial charge in [0.1, 0.15) is 24.2 Å². The molecule has 172 valence electrons. The predicted octanol–water partition coefficient (Wildman–Crippen LogP) is 1.48. The lowest BCUT2D eigenvalue weighted by atomic mass is 10.2. The fraction of sp³-hybridized carbons (Fsp3) is 0.261. The number of hydrogen-bond acceptors (Lipinski definition) is 7. The molecule has 0 spiro atoms. The molecule has 33 heavy (non-hydrogen) atoms. The van der Waals surface area contributed by atoms with Crippen molar-refractivity contribution in [1.29, 1.82) is 0 Å². The molecule has 2 aromatic carbocycles. The van der Waals surface area contributed by atoms with Crippen molar-refractivity contribution >= 4 is 17.1 Å². The fourth-order valence-corrected chi connectivity index (χ4v) is 3.45. The summed E-state index contributed by atoms with van der Waals surface area (Å²) in [4.78, 5) is 31.4. The number of benzene rings is 2. The Morgan fingerprint density at radius 3 is 2.48 bits per heavy atom. The standard InChI is InChI=1S/C23H25N5O5/c1-27-20-19(21(30)26-23(27)31)28(22(25-20)24-12-15-6-4-3-5-7-15)13-16(29)14-33-18-10-8-17(32-2)9-11-18/h3-11,16,29H,12-14H2,1-2H3,(H,24,25)(H,26,30,31)/t16-/m1/s1. The second-order valence-electron chi connectivity index (χ2n) is 7.52. The molecule has 0 saturated carbocycles. The maximum Gasteiger partial charge on any atom is 0.329 e. The van der Waals surface area contributed by atoms with Crippen LogP contribution in [0.1, 0.15) is 5.56 Å². The number of hydrogen-bond donors (Lipinski definition) is 3. The van der Waals surface area contributed by atoms with Crippen LogP contribution in [0.3, 0.4) is 0 Å². The van der Waals surface area contributed by atoms with E-state index >= 15 is 0 Å². The number of aliphatic hydroxyl groups excluding tert-OH is 1. The molecule has 10 heteroatoms. The number of H-pyrrole nitrogens is 1. The summed E-state index contributed by atoms with van der Waals surface area (Å²) in [5.74, 6) is 1.64. The molecule has 2 aromatic heterocycles. The average molecular weight is 451 g/mol. The Morgan fingerprint density at radius 2 is 1.79 bits per heavy atom. The molecule has 4 aromatic rings. The van der Waals surface area contributed by atoms with Crippen LogP contribution in [0.25, 0.3) is 11.2 Å². The Labute approximate surface area is 189 Å². The molecule has 1 atom stereocenters. The molecule has 10 nitrogen and oxygen atoms in total. The fourth-order valence-electron chi connectivity index (χ4n) is 3.45. The smallest absolute Gasteiger partial charge is 0.329 e. The van der Waals surface area contributed by atoms with Crippen molar-refractivity contribution in [3.8, 4) is 11.5 Å². The molecule has 0 fully saturated rings. The van der Waals surface area contributed by atoms with Gasteiger partial charge >= 0.3 is 5.69 Å². The minimum absolute atomic E-state index is 0.00615. The van der Waals surface area contributed by atoms with Crippen molar-refractivity contribution in [2.45, 2.75) is 19.2 Å². The lowest BCUT2D eigenvalue weighted by Crippen LogP contribution is -2.31. The number of fused-ring (bicyclic) bond motifs is 1. The van der Waals surface area contributed by atoms with Gasteiger partial charge in [-0.1, -0.05) is 30.3 Å². The average Bonchev–Trinajstić information content (AvgIpc) is 3.19. The largest absolute Gasteiger partial charge is 0.497 e. The number of nitrogens with one attached hydrogen (secondary N) is 2. The Kier molecular flexibility index (Phi) is 6.45. The number of rotatable bonds is 9. The number of aromatic amines is 1. The third-order valence-corrected chi connectivity index (χ3v) is 5.20. The van der Waals surface area contributed by atoms with Gasteiger partial charge in [-0.2, -0.15) is 4.98 Å². The van der Waals surface area contributed by atoms with Crippen LogP contribution in [0.2, 0.25) is 0 Å². The predicted molar refractivity (Wildman–Crippen MR) is 124 cm³/mol. The van der Waals surface area contributed by atoms with Crippen molar-refractivity contribution in [2.75, 3.05) is 19.0 Å². The first-order valence-corrected chi connectivity index (χ1v) is 10.4. The Balaban J connectivity index is 1.58. The summed E-state index contributed by atoms with van der Waals surface area (Å²) in [6.45, 7) is 0.479. The van der Waals surface area contributed by atoms with E-state index in [1.807, 2.05) is 30.3 Å². The van der Waals surface area contributed by atoms with E-state index in [1.165, 1.54) is 11.6 Å². The summed E-state index contributed by atoms with van der Waals surface area (Å²) < 4.78 is 13.6. The summed E-state index contributed by atoms with van der Waals surface area (Å²) in [6.07, 6.45) is -0.946. The molecule has 0 aliphatic rings. The normalized spacial score (nSPS) is 12.0. The van der Waals surface area contributed by atoms with Gasteiger partial charge in [-0.05, 0) is 29.8 Å². The van der Waals surface area contributed by atoms with E-state index < -0.39 is 17.4 Å². The van der Waals surface area contributed by atoms with Gasteiger partial charge in [0.25, 0.3) is 5.56 Å². The van der Waals surface area contributed by atoms with Crippen LogP contribution < -0.4 is 26.0 Å². The van der Waals surface area contributed by atoms with Crippen molar-refractivity contribution in [3.05, 3.63) is 81.0 Å². The van der Waals surface area contributed by atoms with Gasteiger partial charge in [0.2, 0.25) is 5.95 Å². The zero-order valence-corrected chi connectivity index (χ0v) is 18.3. The summed E-state index contributed by atoms with van der Waals surface area (Å²) in [5, 5.41) is 13.9.